The van der Waals surface area contributed by atoms with E-state index >= 15 is 0 Å². The Kier molecular flexibility index (Phi) is 5.83. The van der Waals surface area contributed by atoms with Crippen LogP contribution in [0, 0.1) is 17.7 Å². The number of fused-ring (bicyclic) bond motifs is 1. The molecule has 154 valence electrons. The van der Waals surface area contributed by atoms with Gasteiger partial charge >= 0.3 is 190 Å². The first kappa shape index (κ1) is 21.1. The van der Waals surface area contributed by atoms with Gasteiger partial charge in [0.15, 0.2) is 0 Å². The van der Waals surface area contributed by atoms with Crippen molar-refractivity contribution in [2.24, 2.45) is 0 Å². The van der Waals surface area contributed by atoms with Gasteiger partial charge in [-0.1, -0.05) is 0 Å². The molecule has 3 aromatic rings. The number of rotatable bonds is 3. The summed E-state index contributed by atoms with van der Waals surface area (Å²) in [6.07, 6.45) is 4.72. The first-order chi connectivity index (χ1) is 14.8. The van der Waals surface area contributed by atoms with Crippen molar-refractivity contribution in [1.82, 2.24) is 4.98 Å². The van der Waals surface area contributed by atoms with Gasteiger partial charge < -0.3 is 0 Å². The molecule has 0 amide bonds. The van der Waals surface area contributed by atoms with Gasteiger partial charge in [-0.25, -0.2) is 0 Å². The first-order valence-corrected chi connectivity index (χ1v) is 11.8. The fourth-order valence-corrected chi connectivity index (χ4v) is 4.93. The summed E-state index contributed by atoms with van der Waals surface area (Å²) in [6.45, 7) is 6.71. The Balaban J connectivity index is 1.59. The molecule has 0 aliphatic heterocycles. The fourth-order valence-electron chi connectivity index (χ4n) is 3.70. The molecular weight excluding hydrogens is 449 g/mol. The third-order valence-corrected chi connectivity index (χ3v) is 7.00. The van der Waals surface area contributed by atoms with E-state index in [4.69, 9.17) is 5.11 Å². The van der Waals surface area contributed by atoms with E-state index in [-0.39, 0.29) is 25.9 Å². The van der Waals surface area contributed by atoms with Crippen molar-refractivity contribution in [1.29, 1.82) is 0 Å². The zero-order valence-electron chi connectivity index (χ0n) is 17.8. The minimum atomic E-state index is -0.980. The standard InChI is InChI=1S/C27H23NO2Se/c1-18-4-6-19(7-5-18)23-12-14-27(2,3)25-16-22(10-11-24(23)25)31-15-13-21-9-8-20(17-28-21)26(29)30/h4-12,16-17H,14H2,1-3H3,(H,29,30). The maximum atomic E-state index is 10.9. The summed E-state index contributed by atoms with van der Waals surface area (Å²) in [5, 5.41) is 8.97. The molecule has 4 heteroatoms. The van der Waals surface area contributed by atoms with Crippen LogP contribution in [0.25, 0.3) is 5.57 Å². The van der Waals surface area contributed by atoms with Crippen molar-refractivity contribution >= 4 is 31.0 Å². The van der Waals surface area contributed by atoms with Gasteiger partial charge in [0.1, 0.15) is 0 Å². The molecular formula is C27H23NO2Se. The number of nitrogens with zero attached hydrogens (tertiary/aromatic N) is 1. The molecule has 4 rings (SSSR count). The summed E-state index contributed by atoms with van der Waals surface area (Å²) in [5.41, 5.74) is 7.36. The van der Waals surface area contributed by atoms with Gasteiger partial charge in [0, 0.05) is 0 Å². The molecule has 31 heavy (non-hydrogen) atoms. The van der Waals surface area contributed by atoms with Crippen LogP contribution in [0.1, 0.15) is 58.6 Å². The number of aryl methyl sites for hydroxylation is 1. The number of carboxylic acids is 1. The number of aromatic carboxylic acids is 1. The van der Waals surface area contributed by atoms with E-state index in [2.05, 4.69) is 85.0 Å². The van der Waals surface area contributed by atoms with Crippen molar-refractivity contribution in [2.75, 3.05) is 0 Å². The Labute approximate surface area is 189 Å². The second-order valence-electron chi connectivity index (χ2n) is 8.35. The van der Waals surface area contributed by atoms with Crippen LogP contribution in [-0.2, 0) is 5.41 Å². The molecule has 2 aromatic carbocycles. The van der Waals surface area contributed by atoms with Crippen molar-refractivity contribution in [3.63, 3.8) is 0 Å². The Morgan fingerprint density at radius 2 is 1.87 bits per heavy atom. The third kappa shape index (κ3) is 4.64. The monoisotopic (exact) mass is 473 g/mol. The molecule has 0 radical (unpaired) electrons. The average Bonchev–Trinajstić information content (AvgIpc) is 2.75. The van der Waals surface area contributed by atoms with Gasteiger partial charge in [-0.15, -0.1) is 0 Å². The van der Waals surface area contributed by atoms with E-state index < -0.39 is 5.97 Å². The minimum absolute atomic E-state index is 0.0105. The Morgan fingerprint density at radius 1 is 1.10 bits per heavy atom. The average molecular weight is 472 g/mol. The van der Waals surface area contributed by atoms with Crippen molar-refractivity contribution in [2.45, 2.75) is 32.6 Å². The molecule has 0 unspecified atom stereocenters. The molecule has 0 bridgehead atoms. The second kappa shape index (κ2) is 8.55. The molecule has 1 aromatic heterocycles. The van der Waals surface area contributed by atoms with E-state index in [1.54, 1.807) is 6.07 Å². The van der Waals surface area contributed by atoms with Crippen LogP contribution in [0.3, 0.4) is 0 Å². The maximum absolute atomic E-state index is 10.9. The van der Waals surface area contributed by atoms with E-state index in [1.807, 2.05) is 0 Å². The quantitative estimate of drug-likeness (QED) is 0.450. The number of benzene rings is 2. The normalized spacial score (nSPS) is 14.1. The molecule has 1 aliphatic rings. The summed E-state index contributed by atoms with van der Waals surface area (Å²) in [7, 11) is 0. The van der Waals surface area contributed by atoms with Crippen LogP contribution in [-0.4, -0.2) is 31.0 Å². The van der Waals surface area contributed by atoms with Gasteiger partial charge in [-0.3, -0.25) is 0 Å². The van der Waals surface area contributed by atoms with Gasteiger partial charge in [0.25, 0.3) is 0 Å². The van der Waals surface area contributed by atoms with Crippen molar-refractivity contribution in [3.05, 3.63) is 100 Å². The molecule has 0 saturated heterocycles. The third-order valence-electron chi connectivity index (χ3n) is 5.55. The van der Waals surface area contributed by atoms with Gasteiger partial charge in [-0.05, 0) is 0 Å². The zero-order chi connectivity index (χ0) is 22.0. The molecule has 0 saturated carbocycles. The van der Waals surface area contributed by atoms with Crippen LogP contribution >= 0.6 is 0 Å². The van der Waals surface area contributed by atoms with Crippen LogP contribution in [0.2, 0.25) is 0 Å². The van der Waals surface area contributed by atoms with Crippen molar-refractivity contribution in [3.8, 4) is 10.7 Å². The SMILES string of the molecule is Cc1ccc(C2=CCC(C)(C)c3cc([Se]C#Cc4ccc(C(=O)O)cn4)ccc32)cc1. The molecule has 1 heterocycles. The molecule has 3 nitrogen and oxygen atoms in total. The predicted molar refractivity (Wildman–Crippen MR) is 126 cm³/mol. The van der Waals surface area contributed by atoms with Gasteiger partial charge in [-0.2, -0.15) is 0 Å². The number of allylic oxidation sites excluding steroid dienone is 1. The number of hydrogen-bond acceptors (Lipinski definition) is 2. The Bertz CT molecular complexity index is 1230. The molecule has 1 aliphatic carbocycles. The number of hydrogen-bond donors (Lipinski definition) is 1. The Hall–Kier alpha value is -3.12. The fraction of sp³-hybridized carbons (Fsp3) is 0.185. The number of aromatic nitrogens is 1. The van der Waals surface area contributed by atoms with E-state index in [0.29, 0.717) is 5.69 Å². The van der Waals surface area contributed by atoms with Crippen LogP contribution in [0.4, 0.5) is 0 Å². The molecule has 0 spiro atoms. The van der Waals surface area contributed by atoms with Gasteiger partial charge in [0.2, 0.25) is 0 Å². The second-order valence-corrected chi connectivity index (χ2v) is 10.2. The Morgan fingerprint density at radius 3 is 2.55 bits per heavy atom. The van der Waals surface area contributed by atoms with E-state index in [9.17, 15) is 4.79 Å². The van der Waals surface area contributed by atoms with Gasteiger partial charge in [0.05, 0.1) is 0 Å². The molecule has 1 N–H and O–H groups in total. The molecule has 0 atom stereocenters. The van der Waals surface area contributed by atoms with E-state index in [1.165, 1.54) is 44.6 Å². The summed E-state index contributed by atoms with van der Waals surface area (Å²) in [5.74, 6) is 2.08. The topological polar surface area (TPSA) is 50.2 Å². The van der Waals surface area contributed by atoms with Crippen LogP contribution in [0.5, 0.6) is 0 Å². The zero-order valence-corrected chi connectivity index (χ0v) is 19.5. The molecule has 0 fully saturated rings. The number of pyridine rings is 1. The van der Waals surface area contributed by atoms with Crippen LogP contribution in [0.15, 0.2) is 66.9 Å². The summed E-state index contributed by atoms with van der Waals surface area (Å²) >= 11 is -0.0105. The van der Waals surface area contributed by atoms with Crippen molar-refractivity contribution < 1.29 is 9.90 Å². The van der Waals surface area contributed by atoms with E-state index in [0.717, 1.165) is 6.42 Å². The number of carboxylic acid groups (broad SMARTS) is 1. The summed E-state index contributed by atoms with van der Waals surface area (Å²) in [4.78, 5) is 18.3. The summed E-state index contributed by atoms with van der Waals surface area (Å²) in [6, 6.07) is 18.7. The first-order valence-electron chi connectivity index (χ1n) is 10.1. The predicted octanol–water partition coefficient (Wildman–Crippen LogP) is 4.54. The van der Waals surface area contributed by atoms with Crippen LogP contribution < -0.4 is 4.46 Å². The number of carbonyl (C=O) groups is 1. The summed E-state index contributed by atoms with van der Waals surface area (Å²) < 4.78 is 1.24.